The van der Waals surface area contributed by atoms with Crippen LogP contribution in [0.1, 0.15) is 18.5 Å². The lowest BCUT2D eigenvalue weighted by Crippen LogP contribution is -2.41. The second-order valence-corrected chi connectivity index (χ2v) is 9.58. The van der Waals surface area contributed by atoms with Gasteiger partial charge in [-0.1, -0.05) is 24.3 Å². The third-order valence-electron chi connectivity index (χ3n) is 5.42. The molecule has 9 heteroatoms. The van der Waals surface area contributed by atoms with Gasteiger partial charge in [0.05, 0.1) is 23.7 Å². The first-order valence-electron chi connectivity index (χ1n) is 10.8. The fourth-order valence-electron chi connectivity index (χ4n) is 3.61. The van der Waals surface area contributed by atoms with Crippen LogP contribution >= 0.6 is 0 Å². The second kappa shape index (κ2) is 10.0. The summed E-state index contributed by atoms with van der Waals surface area (Å²) in [5.41, 5.74) is 1.17. The van der Waals surface area contributed by atoms with Crippen LogP contribution in [0.3, 0.4) is 0 Å². The lowest BCUT2D eigenvalue weighted by molar-refractivity contribution is -0.120. The molecule has 3 aromatic rings. The molecule has 0 aliphatic carbocycles. The predicted octanol–water partition coefficient (Wildman–Crippen LogP) is 3.54. The van der Waals surface area contributed by atoms with E-state index >= 15 is 0 Å². The molecule has 1 atom stereocenters. The third kappa shape index (κ3) is 5.09. The number of ether oxygens (including phenoxy) is 3. The smallest absolute Gasteiger partial charge is 0.264 e. The molecule has 0 radical (unpaired) electrons. The molecule has 3 aromatic carbocycles. The van der Waals surface area contributed by atoms with E-state index in [1.165, 1.54) is 19.2 Å². The van der Waals surface area contributed by atoms with E-state index in [9.17, 15) is 13.2 Å². The van der Waals surface area contributed by atoms with Crippen molar-refractivity contribution >= 4 is 21.6 Å². The number of anilines is 1. The van der Waals surface area contributed by atoms with Gasteiger partial charge < -0.3 is 19.5 Å². The summed E-state index contributed by atoms with van der Waals surface area (Å²) in [4.78, 5) is 13.1. The molecule has 8 nitrogen and oxygen atoms in total. The van der Waals surface area contributed by atoms with Crippen molar-refractivity contribution in [2.24, 2.45) is 0 Å². The van der Waals surface area contributed by atoms with E-state index in [2.05, 4.69) is 5.32 Å². The van der Waals surface area contributed by atoms with Crippen molar-refractivity contribution in [3.8, 4) is 17.2 Å². The molecule has 0 aromatic heterocycles. The van der Waals surface area contributed by atoms with Crippen molar-refractivity contribution in [1.82, 2.24) is 5.32 Å². The van der Waals surface area contributed by atoms with Crippen LogP contribution in [-0.4, -0.2) is 41.2 Å². The first kappa shape index (κ1) is 23.4. The lowest BCUT2D eigenvalue weighted by Gasteiger charge is -2.25. The Morgan fingerprint density at radius 1 is 1.00 bits per heavy atom. The third-order valence-corrected chi connectivity index (χ3v) is 7.21. The number of amides is 1. The summed E-state index contributed by atoms with van der Waals surface area (Å²) >= 11 is 0. The molecule has 1 heterocycles. The van der Waals surface area contributed by atoms with Crippen LogP contribution in [0.15, 0.2) is 77.7 Å². The number of nitrogens with one attached hydrogen (secondary N) is 1. The standard InChI is InChI=1S/C25H26N2O6S/c1-18(19-8-13-23-24(16-19)33-15-14-32-23)26-25(28)17-27(20-9-11-21(31-2)12-10-20)34(29,30)22-6-4-3-5-7-22/h3-13,16,18H,14-15,17H2,1-2H3,(H,26,28). The van der Waals surface area contributed by atoms with Crippen molar-refractivity contribution in [2.75, 3.05) is 31.2 Å². The molecule has 1 N–H and O–H groups in total. The fourth-order valence-corrected chi connectivity index (χ4v) is 5.06. The first-order chi connectivity index (χ1) is 16.4. The summed E-state index contributed by atoms with van der Waals surface area (Å²) in [7, 11) is -2.46. The van der Waals surface area contributed by atoms with Gasteiger partial charge in [0.1, 0.15) is 25.5 Å². The fraction of sp³-hybridized carbons (Fsp3) is 0.240. The molecule has 4 rings (SSSR count). The zero-order valence-electron chi connectivity index (χ0n) is 18.9. The quantitative estimate of drug-likeness (QED) is 0.528. The van der Waals surface area contributed by atoms with Crippen molar-refractivity contribution in [3.05, 3.63) is 78.4 Å². The van der Waals surface area contributed by atoms with Gasteiger partial charge in [0.25, 0.3) is 10.0 Å². The second-order valence-electron chi connectivity index (χ2n) is 7.72. The van der Waals surface area contributed by atoms with E-state index in [4.69, 9.17) is 14.2 Å². The van der Waals surface area contributed by atoms with Crippen LogP contribution in [0.5, 0.6) is 17.2 Å². The molecular weight excluding hydrogens is 456 g/mol. The Hall–Kier alpha value is -3.72. The average Bonchev–Trinajstić information content (AvgIpc) is 2.87. The minimum Gasteiger partial charge on any atom is -0.497 e. The number of hydrogen-bond acceptors (Lipinski definition) is 6. The van der Waals surface area contributed by atoms with E-state index in [-0.39, 0.29) is 10.9 Å². The van der Waals surface area contributed by atoms with Gasteiger partial charge in [0, 0.05) is 0 Å². The first-order valence-corrected chi connectivity index (χ1v) is 12.2. The molecule has 1 aliphatic heterocycles. The van der Waals surface area contributed by atoms with Gasteiger partial charge in [-0.2, -0.15) is 0 Å². The number of sulfonamides is 1. The zero-order chi connectivity index (χ0) is 24.1. The van der Waals surface area contributed by atoms with Crippen LogP contribution < -0.4 is 23.8 Å². The van der Waals surface area contributed by atoms with Gasteiger partial charge in [0.15, 0.2) is 11.5 Å². The Bertz CT molecular complexity index is 1250. The maximum atomic E-state index is 13.4. The van der Waals surface area contributed by atoms with Crippen LogP contribution in [0.25, 0.3) is 0 Å². The summed E-state index contributed by atoms with van der Waals surface area (Å²) in [6.45, 7) is 2.40. The van der Waals surface area contributed by atoms with E-state index < -0.39 is 22.5 Å². The molecule has 178 valence electrons. The molecule has 34 heavy (non-hydrogen) atoms. The van der Waals surface area contributed by atoms with Crippen LogP contribution in [0, 0.1) is 0 Å². The SMILES string of the molecule is COc1ccc(N(CC(=O)NC(C)c2ccc3c(c2)OCCO3)S(=O)(=O)c2ccccc2)cc1. The highest BCUT2D eigenvalue weighted by Gasteiger charge is 2.28. The minimum atomic E-state index is -3.99. The normalized spacial score (nSPS) is 13.6. The van der Waals surface area contributed by atoms with Crippen molar-refractivity contribution in [3.63, 3.8) is 0 Å². The Balaban J connectivity index is 1.56. The Morgan fingerprint density at radius 3 is 2.35 bits per heavy atom. The Labute approximate surface area is 199 Å². The summed E-state index contributed by atoms with van der Waals surface area (Å²) in [6.07, 6.45) is 0. The molecule has 0 bridgehead atoms. The van der Waals surface area contributed by atoms with Gasteiger partial charge in [-0.05, 0) is 61.0 Å². The Kier molecular flexibility index (Phi) is 6.93. The number of benzene rings is 3. The van der Waals surface area contributed by atoms with Crippen LogP contribution in [-0.2, 0) is 14.8 Å². The summed E-state index contributed by atoms with van der Waals surface area (Å²) in [5.74, 6) is 1.42. The highest BCUT2D eigenvalue weighted by Crippen LogP contribution is 2.32. The number of rotatable bonds is 8. The maximum Gasteiger partial charge on any atom is 0.264 e. The minimum absolute atomic E-state index is 0.0958. The highest BCUT2D eigenvalue weighted by atomic mass is 32.2. The maximum absolute atomic E-state index is 13.4. The van der Waals surface area contributed by atoms with Crippen LogP contribution in [0.2, 0.25) is 0 Å². The molecular formula is C25H26N2O6S. The molecule has 0 saturated heterocycles. The number of carbonyl (C=O) groups is 1. The van der Waals surface area contributed by atoms with Crippen molar-refractivity contribution in [2.45, 2.75) is 17.9 Å². The van der Waals surface area contributed by atoms with Gasteiger partial charge in [-0.25, -0.2) is 8.42 Å². The van der Waals surface area contributed by atoms with Crippen molar-refractivity contribution in [1.29, 1.82) is 0 Å². The van der Waals surface area contributed by atoms with E-state index in [1.807, 2.05) is 19.1 Å². The summed E-state index contributed by atoms with van der Waals surface area (Å²) in [6, 6.07) is 19.6. The topological polar surface area (TPSA) is 94.2 Å². The molecule has 1 aliphatic rings. The Morgan fingerprint density at radius 2 is 1.68 bits per heavy atom. The molecule has 1 unspecified atom stereocenters. The molecule has 0 spiro atoms. The van der Waals surface area contributed by atoms with Crippen molar-refractivity contribution < 1.29 is 27.4 Å². The lowest BCUT2D eigenvalue weighted by atomic mass is 10.1. The number of fused-ring (bicyclic) bond motifs is 1. The monoisotopic (exact) mass is 482 g/mol. The van der Waals surface area contributed by atoms with E-state index in [1.54, 1.807) is 48.5 Å². The summed E-state index contributed by atoms with van der Waals surface area (Å²) < 4.78 is 44.3. The number of hydrogen-bond donors (Lipinski definition) is 1. The molecule has 0 fully saturated rings. The number of methoxy groups -OCH3 is 1. The van der Waals surface area contributed by atoms with Gasteiger partial charge >= 0.3 is 0 Å². The van der Waals surface area contributed by atoms with Gasteiger partial charge in [0.2, 0.25) is 5.91 Å². The highest BCUT2D eigenvalue weighted by molar-refractivity contribution is 7.92. The predicted molar refractivity (Wildman–Crippen MR) is 128 cm³/mol. The van der Waals surface area contributed by atoms with Crippen LogP contribution in [0.4, 0.5) is 5.69 Å². The number of carbonyl (C=O) groups excluding carboxylic acids is 1. The average molecular weight is 483 g/mol. The molecule has 1 amide bonds. The van der Waals surface area contributed by atoms with E-state index in [0.717, 1.165) is 9.87 Å². The van der Waals surface area contributed by atoms with Gasteiger partial charge in [-0.15, -0.1) is 0 Å². The summed E-state index contributed by atoms with van der Waals surface area (Å²) in [5, 5.41) is 2.88. The number of nitrogens with zero attached hydrogens (tertiary/aromatic N) is 1. The van der Waals surface area contributed by atoms with E-state index in [0.29, 0.717) is 36.1 Å². The van der Waals surface area contributed by atoms with Gasteiger partial charge in [-0.3, -0.25) is 9.10 Å². The molecule has 0 saturated carbocycles. The zero-order valence-corrected chi connectivity index (χ0v) is 19.7. The largest absolute Gasteiger partial charge is 0.497 e.